The van der Waals surface area contributed by atoms with Crippen LogP contribution in [0.15, 0.2) is 0 Å². The number of aliphatic hydroxyl groups is 1. The van der Waals surface area contributed by atoms with Gasteiger partial charge in [0.25, 0.3) is 0 Å². The lowest BCUT2D eigenvalue weighted by molar-refractivity contribution is -0.160. The Kier molecular flexibility index (Phi) is 6.67. The predicted octanol–water partition coefficient (Wildman–Crippen LogP) is 3.00. The summed E-state index contributed by atoms with van der Waals surface area (Å²) in [6, 6.07) is 0. The first-order valence-corrected chi connectivity index (χ1v) is 6.56. The van der Waals surface area contributed by atoms with E-state index in [1.807, 2.05) is 13.8 Å². The SMILES string of the molecule is CCC(C)(OC(C)COC(C)CO)C(C)(C)C. The zero-order valence-electron chi connectivity index (χ0n) is 12.5. The average Bonchev–Trinajstić information content (AvgIpc) is 2.24. The summed E-state index contributed by atoms with van der Waals surface area (Å²) >= 11 is 0. The third-order valence-electron chi connectivity index (χ3n) is 3.60. The Labute approximate surface area is 107 Å². The Morgan fingerprint density at radius 2 is 1.59 bits per heavy atom. The maximum atomic E-state index is 8.89. The lowest BCUT2D eigenvalue weighted by Gasteiger charge is -2.43. The fourth-order valence-electron chi connectivity index (χ4n) is 1.62. The monoisotopic (exact) mass is 246 g/mol. The zero-order valence-corrected chi connectivity index (χ0v) is 12.5. The van der Waals surface area contributed by atoms with E-state index in [-0.39, 0.29) is 29.8 Å². The van der Waals surface area contributed by atoms with Crippen molar-refractivity contribution in [3.63, 3.8) is 0 Å². The molecule has 0 aliphatic carbocycles. The van der Waals surface area contributed by atoms with Crippen molar-refractivity contribution in [2.45, 2.75) is 72.7 Å². The standard InChI is InChI=1S/C14H30O3/c1-8-14(7,13(4,5)6)17-12(3)10-16-11(2)9-15/h11-12,15H,8-10H2,1-7H3. The highest BCUT2D eigenvalue weighted by Gasteiger charge is 2.38. The Bertz CT molecular complexity index is 210. The highest BCUT2D eigenvalue weighted by Crippen LogP contribution is 2.37. The summed E-state index contributed by atoms with van der Waals surface area (Å²) in [5.74, 6) is 0. The molecule has 3 heteroatoms. The summed E-state index contributed by atoms with van der Waals surface area (Å²) in [5.41, 5.74) is -0.0587. The third-order valence-corrected chi connectivity index (χ3v) is 3.60. The van der Waals surface area contributed by atoms with E-state index in [1.165, 1.54) is 0 Å². The van der Waals surface area contributed by atoms with Gasteiger partial charge >= 0.3 is 0 Å². The largest absolute Gasteiger partial charge is 0.394 e. The Balaban J connectivity index is 4.29. The van der Waals surface area contributed by atoms with Gasteiger partial charge in [-0.3, -0.25) is 0 Å². The minimum absolute atomic E-state index is 0.0353. The molecule has 17 heavy (non-hydrogen) atoms. The van der Waals surface area contributed by atoms with Gasteiger partial charge in [-0.25, -0.2) is 0 Å². The van der Waals surface area contributed by atoms with Crippen molar-refractivity contribution >= 4 is 0 Å². The van der Waals surface area contributed by atoms with Gasteiger partial charge in [-0.2, -0.15) is 0 Å². The minimum Gasteiger partial charge on any atom is -0.394 e. The summed E-state index contributed by atoms with van der Waals surface area (Å²) in [4.78, 5) is 0. The molecular weight excluding hydrogens is 216 g/mol. The first-order chi connectivity index (χ1) is 7.66. The zero-order chi connectivity index (χ0) is 13.7. The van der Waals surface area contributed by atoms with Crippen LogP contribution >= 0.6 is 0 Å². The highest BCUT2D eigenvalue weighted by molar-refractivity contribution is 4.87. The van der Waals surface area contributed by atoms with E-state index in [9.17, 15) is 0 Å². The molecule has 0 saturated carbocycles. The lowest BCUT2D eigenvalue weighted by Crippen LogP contribution is -2.45. The van der Waals surface area contributed by atoms with Crippen molar-refractivity contribution < 1.29 is 14.6 Å². The van der Waals surface area contributed by atoms with Gasteiger partial charge in [0.2, 0.25) is 0 Å². The van der Waals surface area contributed by atoms with Crippen LogP contribution in [0.3, 0.4) is 0 Å². The minimum atomic E-state index is -0.155. The first-order valence-electron chi connectivity index (χ1n) is 6.56. The molecule has 0 saturated heterocycles. The number of hydrogen-bond acceptors (Lipinski definition) is 3. The summed E-state index contributed by atoms with van der Waals surface area (Å²) in [5, 5.41) is 8.89. The van der Waals surface area contributed by atoms with Gasteiger partial charge in [0.15, 0.2) is 0 Å². The van der Waals surface area contributed by atoms with Crippen molar-refractivity contribution in [1.82, 2.24) is 0 Å². The predicted molar refractivity (Wildman–Crippen MR) is 71.2 cm³/mol. The van der Waals surface area contributed by atoms with Crippen LogP contribution in [0.2, 0.25) is 0 Å². The molecule has 104 valence electrons. The summed E-state index contributed by atoms with van der Waals surface area (Å²) in [6.07, 6.45) is 0.882. The number of ether oxygens (including phenoxy) is 2. The molecule has 0 aliphatic heterocycles. The van der Waals surface area contributed by atoms with Crippen LogP contribution in [0.25, 0.3) is 0 Å². The van der Waals surface area contributed by atoms with Crippen molar-refractivity contribution in [2.75, 3.05) is 13.2 Å². The van der Waals surface area contributed by atoms with Gasteiger partial charge in [-0.1, -0.05) is 27.7 Å². The molecule has 0 aliphatic rings. The molecule has 0 amide bonds. The smallest absolute Gasteiger partial charge is 0.0788 e. The van der Waals surface area contributed by atoms with Gasteiger partial charge in [0.1, 0.15) is 0 Å². The van der Waals surface area contributed by atoms with E-state index in [1.54, 1.807) is 0 Å². The Morgan fingerprint density at radius 1 is 1.06 bits per heavy atom. The van der Waals surface area contributed by atoms with Crippen molar-refractivity contribution in [3.05, 3.63) is 0 Å². The second kappa shape index (κ2) is 6.72. The molecule has 0 rings (SSSR count). The lowest BCUT2D eigenvalue weighted by atomic mass is 9.76. The topological polar surface area (TPSA) is 38.7 Å². The second-order valence-corrected chi connectivity index (χ2v) is 6.09. The molecule has 0 fully saturated rings. The van der Waals surface area contributed by atoms with Crippen LogP contribution in [0.1, 0.15) is 54.9 Å². The van der Waals surface area contributed by atoms with Crippen LogP contribution < -0.4 is 0 Å². The molecule has 1 N–H and O–H groups in total. The van der Waals surface area contributed by atoms with E-state index in [0.717, 1.165) is 6.42 Å². The molecule has 0 radical (unpaired) electrons. The third kappa shape index (κ3) is 5.36. The number of aliphatic hydroxyl groups excluding tert-OH is 1. The Hall–Kier alpha value is -0.120. The van der Waals surface area contributed by atoms with Crippen LogP contribution in [0.5, 0.6) is 0 Å². The maximum Gasteiger partial charge on any atom is 0.0788 e. The summed E-state index contributed by atoms with van der Waals surface area (Å²) in [6.45, 7) is 15.3. The summed E-state index contributed by atoms with van der Waals surface area (Å²) < 4.78 is 11.6. The van der Waals surface area contributed by atoms with Gasteiger partial charge in [0.05, 0.1) is 31.0 Å². The number of rotatable bonds is 7. The van der Waals surface area contributed by atoms with E-state index in [0.29, 0.717) is 6.61 Å². The first kappa shape index (κ1) is 16.9. The van der Waals surface area contributed by atoms with E-state index in [2.05, 4.69) is 34.6 Å². The molecule has 3 atom stereocenters. The second-order valence-electron chi connectivity index (χ2n) is 6.09. The highest BCUT2D eigenvalue weighted by atomic mass is 16.6. The van der Waals surface area contributed by atoms with Crippen LogP contribution in [-0.2, 0) is 9.47 Å². The van der Waals surface area contributed by atoms with Crippen LogP contribution in [0.4, 0.5) is 0 Å². The molecule has 0 aromatic rings. The van der Waals surface area contributed by atoms with Gasteiger partial charge in [-0.05, 0) is 32.6 Å². The van der Waals surface area contributed by atoms with E-state index < -0.39 is 0 Å². The fraction of sp³-hybridized carbons (Fsp3) is 1.00. The molecule has 3 nitrogen and oxygen atoms in total. The number of hydrogen-bond donors (Lipinski definition) is 1. The maximum absolute atomic E-state index is 8.89. The summed E-state index contributed by atoms with van der Waals surface area (Å²) in [7, 11) is 0. The van der Waals surface area contributed by atoms with Gasteiger partial charge in [0, 0.05) is 0 Å². The van der Waals surface area contributed by atoms with Crippen molar-refractivity contribution in [2.24, 2.45) is 5.41 Å². The van der Waals surface area contributed by atoms with E-state index >= 15 is 0 Å². The van der Waals surface area contributed by atoms with E-state index in [4.69, 9.17) is 14.6 Å². The molecule has 0 aromatic heterocycles. The molecule has 0 heterocycles. The van der Waals surface area contributed by atoms with Crippen LogP contribution in [-0.4, -0.2) is 36.1 Å². The van der Waals surface area contributed by atoms with Crippen molar-refractivity contribution in [3.8, 4) is 0 Å². The quantitative estimate of drug-likeness (QED) is 0.750. The van der Waals surface area contributed by atoms with Gasteiger partial charge < -0.3 is 14.6 Å². The van der Waals surface area contributed by atoms with Crippen molar-refractivity contribution in [1.29, 1.82) is 0 Å². The molecule has 3 unspecified atom stereocenters. The molecule has 0 spiro atoms. The normalized spacial score (nSPS) is 19.8. The average molecular weight is 246 g/mol. The molecule has 0 bridgehead atoms. The molecular formula is C14H30O3. The molecule has 0 aromatic carbocycles. The fourth-order valence-corrected chi connectivity index (χ4v) is 1.62. The Morgan fingerprint density at radius 3 is 1.94 bits per heavy atom. The van der Waals surface area contributed by atoms with Gasteiger partial charge in [-0.15, -0.1) is 0 Å². The van der Waals surface area contributed by atoms with Crippen LogP contribution in [0, 0.1) is 5.41 Å².